The van der Waals surface area contributed by atoms with Crippen LogP contribution in [0.4, 0.5) is 10.5 Å². The number of benzene rings is 1. The smallest absolute Gasteiger partial charge is 0.414 e. The highest BCUT2D eigenvalue weighted by atomic mass is 16.5. The fourth-order valence-electron chi connectivity index (χ4n) is 5.72. The van der Waals surface area contributed by atoms with Crippen LogP contribution < -0.4 is 4.90 Å². The van der Waals surface area contributed by atoms with Gasteiger partial charge in [0.2, 0.25) is 0 Å². The number of fused-ring (bicyclic) bond motifs is 3. The lowest BCUT2D eigenvalue weighted by Crippen LogP contribution is -2.42. The van der Waals surface area contributed by atoms with Crippen molar-refractivity contribution in [3.63, 3.8) is 0 Å². The number of carbonyl (C=O) groups excluding carboxylic acids is 1. The van der Waals surface area contributed by atoms with Crippen molar-refractivity contribution in [2.45, 2.75) is 77.3 Å². The Morgan fingerprint density at radius 2 is 1.94 bits per heavy atom. The number of imidazole rings is 1. The number of hydrogen-bond donors (Lipinski definition) is 1. The van der Waals surface area contributed by atoms with Crippen molar-refractivity contribution in [1.82, 2.24) is 14.5 Å². The first kappa shape index (κ1) is 23.4. The van der Waals surface area contributed by atoms with Gasteiger partial charge in [0.1, 0.15) is 11.6 Å². The molecule has 1 aliphatic heterocycles. The van der Waals surface area contributed by atoms with Crippen LogP contribution in [0.25, 0.3) is 11.0 Å². The SMILES string of the molecule is COC(=O)N1c2ccc3c(nc(CCc4ncc(C)o4)n3C3CCC(C(=O)O)CC3)c2CC[C@@H]1C. The number of methoxy groups -OCH3 is 1. The van der Waals surface area contributed by atoms with Gasteiger partial charge >= 0.3 is 12.1 Å². The van der Waals surface area contributed by atoms with Crippen molar-refractivity contribution in [1.29, 1.82) is 0 Å². The molecule has 5 rings (SSSR count). The molecule has 1 fully saturated rings. The van der Waals surface area contributed by atoms with Gasteiger partial charge in [-0.2, -0.15) is 0 Å². The molecule has 1 amide bonds. The maximum atomic E-state index is 12.6. The molecule has 2 aliphatic rings. The molecule has 186 valence electrons. The van der Waals surface area contributed by atoms with E-state index < -0.39 is 5.97 Å². The third-order valence-electron chi connectivity index (χ3n) is 7.54. The molecule has 1 atom stereocenters. The van der Waals surface area contributed by atoms with Crippen LogP contribution in [0.1, 0.15) is 68.1 Å². The predicted molar refractivity (Wildman–Crippen MR) is 130 cm³/mol. The molecule has 3 heterocycles. The summed E-state index contributed by atoms with van der Waals surface area (Å²) in [5.41, 5.74) is 3.89. The zero-order valence-electron chi connectivity index (χ0n) is 20.5. The Kier molecular flexibility index (Phi) is 6.25. The maximum absolute atomic E-state index is 12.6. The number of hydrogen-bond acceptors (Lipinski definition) is 6. The van der Waals surface area contributed by atoms with E-state index in [-0.39, 0.29) is 24.1 Å². The molecular weight excluding hydrogens is 448 g/mol. The van der Waals surface area contributed by atoms with Crippen LogP contribution in [0.5, 0.6) is 0 Å². The fourth-order valence-corrected chi connectivity index (χ4v) is 5.72. The number of rotatable bonds is 5. The van der Waals surface area contributed by atoms with E-state index in [4.69, 9.17) is 14.1 Å². The second-order valence-corrected chi connectivity index (χ2v) is 9.77. The van der Waals surface area contributed by atoms with E-state index in [1.807, 2.05) is 19.9 Å². The minimum Gasteiger partial charge on any atom is -0.481 e. The molecule has 1 saturated carbocycles. The Balaban J connectivity index is 1.56. The van der Waals surface area contributed by atoms with E-state index in [0.29, 0.717) is 31.6 Å². The summed E-state index contributed by atoms with van der Waals surface area (Å²) in [5.74, 6) is 1.44. The van der Waals surface area contributed by atoms with Gasteiger partial charge in [-0.25, -0.2) is 14.8 Å². The first-order chi connectivity index (χ1) is 16.9. The summed E-state index contributed by atoms with van der Waals surface area (Å²) in [7, 11) is 1.41. The lowest BCUT2D eigenvalue weighted by Gasteiger charge is -2.34. The Hall–Kier alpha value is -3.36. The molecule has 0 spiro atoms. The number of carbonyl (C=O) groups is 2. The summed E-state index contributed by atoms with van der Waals surface area (Å²) >= 11 is 0. The van der Waals surface area contributed by atoms with Crippen molar-refractivity contribution in [3.05, 3.63) is 41.4 Å². The Morgan fingerprint density at radius 3 is 2.60 bits per heavy atom. The number of aromatic nitrogens is 3. The van der Waals surface area contributed by atoms with Crippen LogP contribution in [0, 0.1) is 12.8 Å². The molecule has 2 aromatic heterocycles. The molecule has 0 radical (unpaired) electrons. The van der Waals surface area contributed by atoms with E-state index in [0.717, 1.165) is 59.6 Å². The summed E-state index contributed by atoms with van der Waals surface area (Å²) < 4.78 is 13.1. The number of carboxylic acid groups (broad SMARTS) is 1. The van der Waals surface area contributed by atoms with Gasteiger partial charge < -0.3 is 18.8 Å². The number of ether oxygens (including phenoxy) is 1. The number of amides is 1. The van der Waals surface area contributed by atoms with Crippen LogP contribution in [-0.4, -0.2) is 44.9 Å². The van der Waals surface area contributed by atoms with Gasteiger partial charge in [0.05, 0.1) is 35.9 Å². The second kappa shape index (κ2) is 9.36. The van der Waals surface area contributed by atoms with Gasteiger partial charge in [-0.3, -0.25) is 9.69 Å². The first-order valence-corrected chi connectivity index (χ1v) is 12.4. The molecule has 35 heavy (non-hydrogen) atoms. The Bertz CT molecular complexity index is 1250. The fraction of sp³-hybridized carbons (Fsp3) is 0.538. The van der Waals surface area contributed by atoms with Gasteiger partial charge in [-0.15, -0.1) is 0 Å². The van der Waals surface area contributed by atoms with E-state index in [2.05, 4.69) is 15.6 Å². The maximum Gasteiger partial charge on any atom is 0.414 e. The van der Waals surface area contributed by atoms with Gasteiger partial charge in [0.15, 0.2) is 5.89 Å². The van der Waals surface area contributed by atoms with Crippen molar-refractivity contribution < 1.29 is 23.8 Å². The van der Waals surface area contributed by atoms with Crippen LogP contribution >= 0.6 is 0 Å². The van der Waals surface area contributed by atoms with Gasteiger partial charge in [0, 0.05) is 30.5 Å². The molecule has 0 unspecified atom stereocenters. The molecule has 0 saturated heterocycles. The molecule has 9 heteroatoms. The quantitative estimate of drug-likeness (QED) is 0.556. The highest BCUT2D eigenvalue weighted by Crippen LogP contribution is 2.40. The molecule has 0 bridgehead atoms. The Morgan fingerprint density at radius 1 is 1.17 bits per heavy atom. The zero-order valence-corrected chi connectivity index (χ0v) is 20.5. The normalized spacial score (nSPS) is 22.3. The number of aliphatic carboxylic acids is 1. The van der Waals surface area contributed by atoms with Gasteiger partial charge in [0.25, 0.3) is 0 Å². The molecule has 1 aliphatic carbocycles. The molecular formula is C26H32N4O5. The highest BCUT2D eigenvalue weighted by Gasteiger charge is 2.33. The van der Waals surface area contributed by atoms with E-state index in [1.165, 1.54) is 7.11 Å². The third-order valence-corrected chi connectivity index (χ3v) is 7.54. The molecule has 9 nitrogen and oxygen atoms in total. The number of oxazole rings is 1. The average Bonchev–Trinajstić information content (AvgIpc) is 3.45. The Labute approximate surface area is 204 Å². The lowest BCUT2D eigenvalue weighted by molar-refractivity contribution is -0.143. The van der Waals surface area contributed by atoms with E-state index >= 15 is 0 Å². The van der Waals surface area contributed by atoms with Crippen molar-refractivity contribution in [2.75, 3.05) is 12.0 Å². The van der Waals surface area contributed by atoms with Crippen molar-refractivity contribution >= 4 is 28.8 Å². The van der Waals surface area contributed by atoms with Gasteiger partial charge in [-0.1, -0.05) is 0 Å². The van der Waals surface area contributed by atoms with Crippen molar-refractivity contribution in [2.24, 2.45) is 5.92 Å². The minimum atomic E-state index is -0.704. The number of nitrogens with zero attached hydrogens (tertiary/aromatic N) is 4. The second-order valence-electron chi connectivity index (χ2n) is 9.77. The largest absolute Gasteiger partial charge is 0.481 e. The number of carboxylic acids is 1. The van der Waals surface area contributed by atoms with Gasteiger partial charge in [-0.05, 0) is 64.5 Å². The third kappa shape index (κ3) is 4.28. The first-order valence-electron chi connectivity index (χ1n) is 12.4. The molecule has 1 aromatic carbocycles. The lowest BCUT2D eigenvalue weighted by atomic mass is 9.85. The topological polar surface area (TPSA) is 111 Å². The van der Waals surface area contributed by atoms with Crippen molar-refractivity contribution in [3.8, 4) is 0 Å². The predicted octanol–water partition coefficient (Wildman–Crippen LogP) is 4.84. The average molecular weight is 481 g/mol. The molecule has 3 aromatic rings. The van der Waals surface area contributed by atoms with Crippen LogP contribution in [0.3, 0.4) is 0 Å². The minimum absolute atomic E-state index is 0.0496. The molecule has 1 N–H and O–H groups in total. The van der Waals surface area contributed by atoms with Crippen LogP contribution in [-0.2, 0) is 28.8 Å². The van der Waals surface area contributed by atoms with Crippen LogP contribution in [0.15, 0.2) is 22.7 Å². The number of aryl methyl sites for hydroxylation is 4. The van der Waals surface area contributed by atoms with Crippen LogP contribution in [0.2, 0.25) is 0 Å². The highest BCUT2D eigenvalue weighted by molar-refractivity contribution is 5.95. The van der Waals surface area contributed by atoms with E-state index in [9.17, 15) is 14.7 Å². The summed E-state index contributed by atoms with van der Waals surface area (Å²) in [6.45, 7) is 3.92. The summed E-state index contributed by atoms with van der Waals surface area (Å²) in [5, 5.41) is 9.46. The monoisotopic (exact) mass is 480 g/mol. The standard InChI is InChI=1S/C26H32N4O5/c1-15-4-9-19-20(29(15)26(33)34-3)10-11-21-24(19)28-22(12-13-23-27-14-16(2)35-23)30(21)18-7-5-17(6-8-18)25(31)32/h10-11,14-15,17-18H,4-9,12-13H2,1-3H3,(H,31,32)/t15-,17?,18?/m0/s1. The number of anilines is 1. The summed E-state index contributed by atoms with van der Waals surface area (Å²) in [4.78, 5) is 35.3. The van der Waals surface area contributed by atoms with E-state index in [1.54, 1.807) is 11.1 Å². The summed E-state index contributed by atoms with van der Waals surface area (Å²) in [6, 6.07) is 4.30. The summed E-state index contributed by atoms with van der Waals surface area (Å²) in [6.07, 6.45) is 7.27. The zero-order chi connectivity index (χ0) is 24.7.